The Morgan fingerprint density at radius 2 is 2.31 bits per heavy atom. The lowest BCUT2D eigenvalue weighted by molar-refractivity contribution is 0.121. The second kappa shape index (κ2) is 4.61. The third-order valence-corrected chi connectivity index (χ3v) is 3.42. The van der Waals surface area contributed by atoms with Crippen molar-refractivity contribution < 1.29 is 14.3 Å². The molecule has 0 aromatic heterocycles. The Kier molecular flexibility index (Phi) is 3.19. The van der Waals surface area contributed by atoms with Gasteiger partial charge in [0.05, 0.1) is 7.11 Å². The summed E-state index contributed by atoms with van der Waals surface area (Å²) >= 11 is 1.75. The number of thioether (sulfide) groups is 1. The molecule has 0 aliphatic carbocycles. The second-order valence-corrected chi connectivity index (χ2v) is 4.55. The molecule has 0 amide bonds. The Bertz CT molecular complexity index is 440. The minimum atomic E-state index is -0.695. The van der Waals surface area contributed by atoms with Gasteiger partial charge in [0.2, 0.25) is 0 Å². The summed E-state index contributed by atoms with van der Waals surface area (Å²) in [6, 6.07) is 5.54. The molecule has 0 radical (unpaired) electrons. The molecule has 0 spiro atoms. The standard InChI is InChI=1S/C12H12O3S/c1-8-5-6-16-11-7-9(3-4-10(8)11)15-12(13)14-2/h3-4,7H,1,5-6H2,2H3. The highest BCUT2D eigenvalue weighted by Gasteiger charge is 2.14. The number of rotatable bonds is 1. The molecular formula is C12H12O3S. The minimum absolute atomic E-state index is 0.507. The van der Waals surface area contributed by atoms with Gasteiger partial charge in [-0.3, -0.25) is 0 Å². The maximum Gasteiger partial charge on any atom is 0.513 e. The Labute approximate surface area is 98.4 Å². The van der Waals surface area contributed by atoms with E-state index in [1.807, 2.05) is 12.1 Å². The number of benzene rings is 1. The van der Waals surface area contributed by atoms with Crippen LogP contribution in [0.3, 0.4) is 0 Å². The number of ether oxygens (including phenoxy) is 2. The van der Waals surface area contributed by atoms with Crippen molar-refractivity contribution in [3.8, 4) is 5.75 Å². The topological polar surface area (TPSA) is 35.5 Å². The van der Waals surface area contributed by atoms with Crippen molar-refractivity contribution in [3.63, 3.8) is 0 Å². The van der Waals surface area contributed by atoms with Gasteiger partial charge in [-0.05, 0) is 35.8 Å². The number of fused-ring (bicyclic) bond motifs is 1. The molecule has 0 saturated heterocycles. The second-order valence-electron chi connectivity index (χ2n) is 3.42. The average molecular weight is 236 g/mol. The molecule has 16 heavy (non-hydrogen) atoms. The zero-order valence-corrected chi connectivity index (χ0v) is 9.80. The fraction of sp³-hybridized carbons (Fsp3) is 0.250. The van der Waals surface area contributed by atoms with Gasteiger partial charge in [0, 0.05) is 10.6 Å². The molecule has 1 aliphatic rings. The maximum absolute atomic E-state index is 10.9. The van der Waals surface area contributed by atoms with E-state index < -0.39 is 6.16 Å². The van der Waals surface area contributed by atoms with Crippen LogP contribution in [0, 0.1) is 0 Å². The summed E-state index contributed by atoms with van der Waals surface area (Å²) in [5.41, 5.74) is 2.28. The summed E-state index contributed by atoms with van der Waals surface area (Å²) in [5, 5.41) is 0. The van der Waals surface area contributed by atoms with Crippen molar-refractivity contribution in [2.24, 2.45) is 0 Å². The predicted molar refractivity (Wildman–Crippen MR) is 63.9 cm³/mol. The Morgan fingerprint density at radius 3 is 3.06 bits per heavy atom. The molecule has 2 rings (SSSR count). The summed E-state index contributed by atoms with van der Waals surface area (Å²) in [7, 11) is 1.29. The van der Waals surface area contributed by atoms with Gasteiger partial charge in [0.25, 0.3) is 0 Å². The van der Waals surface area contributed by atoms with Crippen LogP contribution in [-0.2, 0) is 4.74 Å². The Balaban J connectivity index is 2.25. The lowest BCUT2D eigenvalue weighted by atomic mass is 10.0. The van der Waals surface area contributed by atoms with Crippen LogP contribution in [0.4, 0.5) is 4.79 Å². The van der Waals surface area contributed by atoms with Gasteiger partial charge in [-0.1, -0.05) is 6.58 Å². The summed E-state index contributed by atoms with van der Waals surface area (Å²) in [5.74, 6) is 1.53. The van der Waals surface area contributed by atoms with Gasteiger partial charge in [-0.2, -0.15) is 0 Å². The van der Waals surface area contributed by atoms with Crippen molar-refractivity contribution in [1.29, 1.82) is 0 Å². The number of allylic oxidation sites excluding steroid dienone is 1. The fourth-order valence-corrected chi connectivity index (χ4v) is 2.67. The molecule has 1 aromatic carbocycles. The first-order valence-electron chi connectivity index (χ1n) is 4.91. The normalized spacial score (nSPS) is 14.2. The third-order valence-electron chi connectivity index (χ3n) is 2.36. The van der Waals surface area contributed by atoms with E-state index >= 15 is 0 Å². The van der Waals surface area contributed by atoms with Crippen LogP contribution in [-0.4, -0.2) is 19.0 Å². The lowest BCUT2D eigenvalue weighted by Gasteiger charge is -2.17. The highest BCUT2D eigenvalue weighted by Crippen LogP contribution is 2.37. The van der Waals surface area contributed by atoms with Crippen LogP contribution >= 0.6 is 11.8 Å². The van der Waals surface area contributed by atoms with Gasteiger partial charge < -0.3 is 9.47 Å². The van der Waals surface area contributed by atoms with Crippen LogP contribution in [0.1, 0.15) is 12.0 Å². The first-order valence-corrected chi connectivity index (χ1v) is 5.90. The molecule has 0 N–H and O–H groups in total. The van der Waals surface area contributed by atoms with Crippen molar-refractivity contribution in [3.05, 3.63) is 30.3 Å². The quantitative estimate of drug-likeness (QED) is 0.553. The largest absolute Gasteiger partial charge is 0.513 e. The number of carbonyl (C=O) groups is 1. The summed E-state index contributed by atoms with van der Waals surface area (Å²) in [6.07, 6.45) is 0.314. The highest BCUT2D eigenvalue weighted by molar-refractivity contribution is 7.99. The van der Waals surface area contributed by atoms with E-state index in [2.05, 4.69) is 11.3 Å². The summed E-state index contributed by atoms with van der Waals surface area (Å²) < 4.78 is 9.39. The highest BCUT2D eigenvalue weighted by atomic mass is 32.2. The molecule has 4 heteroatoms. The van der Waals surface area contributed by atoms with E-state index in [1.165, 1.54) is 7.11 Å². The van der Waals surface area contributed by atoms with E-state index in [9.17, 15) is 4.79 Å². The number of hydrogen-bond donors (Lipinski definition) is 0. The van der Waals surface area contributed by atoms with E-state index in [-0.39, 0.29) is 0 Å². The number of hydrogen-bond acceptors (Lipinski definition) is 4. The monoisotopic (exact) mass is 236 g/mol. The molecule has 3 nitrogen and oxygen atoms in total. The molecule has 0 unspecified atom stereocenters. The van der Waals surface area contributed by atoms with Gasteiger partial charge >= 0.3 is 6.16 Å². The van der Waals surface area contributed by atoms with Crippen LogP contribution in [0.25, 0.3) is 5.57 Å². The molecule has 1 heterocycles. The molecule has 0 saturated carbocycles. The minimum Gasteiger partial charge on any atom is -0.437 e. The van der Waals surface area contributed by atoms with E-state index in [0.29, 0.717) is 5.75 Å². The molecule has 0 fully saturated rings. The van der Waals surface area contributed by atoms with E-state index in [4.69, 9.17) is 4.74 Å². The summed E-state index contributed by atoms with van der Waals surface area (Å²) in [6.45, 7) is 4.02. The van der Waals surface area contributed by atoms with Crippen molar-refractivity contribution >= 4 is 23.5 Å². The van der Waals surface area contributed by atoms with Crippen LogP contribution in [0.2, 0.25) is 0 Å². The molecule has 0 atom stereocenters. The smallest absolute Gasteiger partial charge is 0.437 e. The first kappa shape index (κ1) is 11.1. The van der Waals surface area contributed by atoms with Gasteiger partial charge in [0.15, 0.2) is 0 Å². The molecular weight excluding hydrogens is 224 g/mol. The zero-order valence-electron chi connectivity index (χ0n) is 8.99. The molecule has 84 valence electrons. The fourth-order valence-electron chi connectivity index (χ4n) is 1.53. The molecule has 1 aromatic rings. The number of methoxy groups -OCH3 is 1. The average Bonchev–Trinajstić information content (AvgIpc) is 2.29. The van der Waals surface area contributed by atoms with E-state index in [1.54, 1.807) is 17.8 Å². The van der Waals surface area contributed by atoms with Crippen LogP contribution in [0.5, 0.6) is 5.75 Å². The van der Waals surface area contributed by atoms with Gasteiger partial charge in [0.1, 0.15) is 5.75 Å². The Morgan fingerprint density at radius 1 is 1.50 bits per heavy atom. The maximum atomic E-state index is 10.9. The van der Waals surface area contributed by atoms with Crippen molar-refractivity contribution in [1.82, 2.24) is 0 Å². The molecule has 1 aliphatic heterocycles. The lowest BCUT2D eigenvalue weighted by Crippen LogP contribution is -2.07. The SMILES string of the molecule is C=C1CCSc2cc(OC(=O)OC)ccc21. The summed E-state index contributed by atoms with van der Waals surface area (Å²) in [4.78, 5) is 12.1. The van der Waals surface area contributed by atoms with Crippen LogP contribution < -0.4 is 4.74 Å². The van der Waals surface area contributed by atoms with Crippen molar-refractivity contribution in [2.45, 2.75) is 11.3 Å². The number of carbonyl (C=O) groups excluding carboxylic acids is 1. The Hall–Kier alpha value is -1.42. The van der Waals surface area contributed by atoms with Crippen molar-refractivity contribution in [2.75, 3.05) is 12.9 Å². The first-order chi connectivity index (χ1) is 7.70. The van der Waals surface area contributed by atoms with E-state index in [0.717, 1.165) is 28.2 Å². The van der Waals surface area contributed by atoms with Gasteiger partial charge in [-0.25, -0.2) is 4.79 Å². The zero-order chi connectivity index (χ0) is 11.5. The van der Waals surface area contributed by atoms with Crippen LogP contribution in [0.15, 0.2) is 29.7 Å². The third kappa shape index (κ3) is 2.22. The van der Waals surface area contributed by atoms with Gasteiger partial charge in [-0.15, -0.1) is 11.8 Å². The predicted octanol–water partition coefficient (Wildman–Crippen LogP) is 3.34. The molecule has 0 bridgehead atoms.